The van der Waals surface area contributed by atoms with Crippen LogP contribution in [0.2, 0.25) is 0 Å². The van der Waals surface area contributed by atoms with Gasteiger partial charge in [-0.3, -0.25) is 9.69 Å². The first-order valence-corrected chi connectivity index (χ1v) is 7.35. The molecule has 1 aromatic carbocycles. The molecular formula is C19H22N2O. The summed E-state index contributed by atoms with van der Waals surface area (Å²) in [6.45, 7) is 6.55. The zero-order valence-corrected chi connectivity index (χ0v) is 13.6. The van der Waals surface area contributed by atoms with Crippen molar-refractivity contribution < 1.29 is 4.79 Å². The van der Waals surface area contributed by atoms with E-state index in [0.29, 0.717) is 5.82 Å². The quantitative estimate of drug-likeness (QED) is 0.800. The van der Waals surface area contributed by atoms with Crippen LogP contribution in [0.3, 0.4) is 0 Å². The molecule has 0 aliphatic carbocycles. The van der Waals surface area contributed by atoms with Crippen molar-refractivity contribution in [3.63, 3.8) is 0 Å². The minimum Gasteiger partial charge on any atom is -0.296 e. The Bertz CT molecular complexity index is 652. The molecule has 0 radical (unpaired) electrons. The van der Waals surface area contributed by atoms with E-state index >= 15 is 0 Å². The molecule has 1 aromatic heterocycles. The van der Waals surface area contributed by atoms with Gasteiger partial charge in [-0.15, -0.1) is 0 Å². The van der Waals surface area contributed by atoms with E-state index in [4.69, 9.17) is 0 Å². The van der Waals surface area contributed by atoms with E-state index in [1.165, 1.54) is 10.5 Å². The molecular weight excluding hydrogens is 272 g/mol. The zero-order valence-electron chi connectivity index (χ0n) is 13.6. The smallest absolute Gasteiger partial charge is 0.251 e. The van der Waals surface area contributed by atoms with Gasteiger partial charge in [0, 0.05) is 19.3 Å². The number of anilines is 1. The van der Waals surface area contributed by atoms with E-state index < -0.39 is 0 Å². The van der Waals surface area contributed by atoms with Crippen LogP contribution in [-0.2, 0) is 10.2 Å². The van der Waals surface area contributed by atoms with Gasteiger partial charge in [-0.2, -0.15) is 0 Å². The Morgan fingerprint density at radius 3 is 2.32 bits per heavy atom. The highest BCUT2D eigenvalue weighted by Crippen LogP contribution is 2.22. The number of amides is 1. The molecule has 0 atom stereocenters. The molecule has 0 aliphatic heterocycles. The highest BCUT2D eigenvalue weighted by Gasteiger charge is 2.12. The van der Waals surface area contributed by atoms with Gasteiger partial charge in [0.2, 0.25) is 0 Å². The lowest BCUT2D eigenvalue weighted by Crippen LogP contribution is -2.24. The lowest BCUT2D eigenvalue weighted by Gasteiger charge is -2.18. The molecule has 3 nitrogen and oxygen atoms in total. The second-order valence-corrected chi connectivity index (χ2v) is 6.29. The maximum absolute atomic E-state index is 12.1. The van der Waals surface area contributed by atoms with Crippen LogP contribution in [0.15, 0.2) is 54.7 Å². The average Bonchev–Trinajstić information content (AvgIpc) is 2.52. The Morgan fingerprint density at radius 1 is 1.09 bits per heavy atom. The largest absolute Gasteiger partial charge is 0.296 e. The summed E-state index contributed by atoms with van der Waals surface area (Å²) >= 11 is 0. The molecule has 2 rings (SSSR count). The van der Waals surface area contributed by atoms with Gasteiger partial charge >= 0.3 is 0 Å². The van der Waals surface area contributed by atoms with Crippen molar-refractivity contribution in [3.8, 4) is 0 Å². The Hall–Kier alpha value is -2.42. The molecule has 3 heteroatoms. The number of likely N-dealkylation sites (N-methyl/N-ethyl adjacent to an activating group) is 1. The predicted molar refractivity (Wildman–Crippen MR) is 91.8 cm³/mol. The van der Waals surface area contributed by atoms with Crippen LogP contribution in [0.25, 0.3) is 6.08 Å². The highest BCUT2D eigenvalue weighted by molar-refractivity contribution is 6.02. The normalized spacial score (nSPS) is 11.6. The van der Waals surface area contributed by atoms with E-state index in [1.807, 2.05) is 36.4 Å². The van der Waals surface area contributed by atoms with E-state index in [9.17, 15) is 4.79 Å². The Morgan fingerprint density at radius 2 is 1.77 bits per heavy atom. The molecule has 1 heterocycles. The number of hydrogen-bond acceptors (Lipinski definition) is 2. The van der Waals surface area contributed by atoms with E-state index in [0.717, 1.165) is 5.56 Å². The van der Waals surface area contributed by atoms with Crippen molar-refractivity contribution in [2.45, 2.75) is 26.2 Å². The van der Waals surface area contributed by atoms with Gasteiger partial charge in [0.05, 0.1) is 0 Å². The van der Waals surface area contributed by atoms with E-state index in [-0.39, 0.29) is 11.3 Å². The SMILES string of the molecule is CN(C(=O)/C=C/c1ccc(C(C)(C)C)cc1)c1ccccn1. The van der Waals surface area contributed by atoms with Crippen molar-refractivity contribution in [1.29, 1.82) is 0 Å². The maximum Gasteiger partial charge on any atom is 0.251 e. The number of hydrogen-bond donors (Lipinski definition) is 0. The fraction of sp³-hybridized carbons (Fsp3) is 0.263. The van der Waals surface area contributed by atoms with Crippen LogP contribution >= 0.6 is 0 Å². The molecule has 0 spiro atoms. The summed E-state index contributed by atoms with van der Waals surface area (Å²) < 4.78 is 0. The lowest BCUT2D eigenvalue weighted by atomic mass is 9.87. The maximum atomic E-state index is 12.1. The number of carbonyl (C=O) groups is 1. The number of carbonyl (C=O) groups excluding carboxylic acids is 1. The molecule has 114 valence electrons. The van der Waals surface area contributed by atoms with Crippen molar-refractivity contribution in [1.82, 2.24) is 4.98 Å². The lowest BCUT2D eigenvalue weighted by molar-refractivity contribution is -0.113. The van der Waals surface area contributed by atoms with Gasteiger partial charge in [-0.25, -0.2) is 4.98 Å². The van der Waals surface area contributed by atoms with Crippen LogP contribution in [0, 0.1) is 0 Å². The summed E-state index contributed by atoms with van der Waals surface area (Å²) in [5.41, 5.74) is 2.43. The number of aromatic nitrogens is 1. The fourth-order valence-electron chi connectivity index (χ4n) is 2.04. The standard InChI is InChI=1S/C19H22N2O/c1-19(2,3)16-11-8-15(9-12-16)10-13-18(22)21(4)17-7-5-6-14-20-17/h5-14H,1-4H3/b13-10+. The van der Waals surface area contributed by atoms with Gasteiger partial charge < -0.3 is 0 Å². The second kappa shape index (κ2) is 6.56. The second-order valence-electron chi connectivity index (χ2n) is 6.29. The third kappa shape index (κ3) is 4.04. The molecule has 0 aliphatic rings. The number of rotatable bonds is 3. The van der Waals surface area contributed by atoms with Gasteiger partial charge in [-0.05, 0) is 34.8 Å². The molecule has 0 saturated heterocycles. The highest BCUT2D eigenvalue weighted by atomic mass is 16.2. The average molecular weight is 294 g/mol. The van der Waals surface area contributed by atoms with Crippen LogP contribution in [0.5, 0.6) is 0 Å². The van der Waals surface area contributed by atoms with Gasteiger partial charge in [0.1, 0.15) is 5.82 Å². The van der Waals surface area contributed by atoms with Crippen LogP contribution < -0.4 is 4.90 Å². The Labute approximate surface area is 132 Å². The monoisotopic (exact) mass is 294 g/mol. The molecule has 1 amide bonds. The first-order chi connectivity index (χ1) is 10.4. The molecule has 22 heavy (non-hydrogen) atoms. The third-order valence-corrected chi connectivity index (χ3v) is 3.52. The number of nitrogens with zero attached hydrogens (tertiary/aromatic N) is 2. The molecule has 2 aromatic rings. The van der Waals surface area contributed by atoms with E-state index in [2.05, 4.69) is 37.9 Å². The van der Waals surface area contributed by atoms with Crippen molar-refractivity contribution >= 4 is 17.8 Å². The summed E-state index contributed by atoms with van der Waals surface area (Å²) in [4.78, 5) is 17.8. The van der Waals surface area contributed by atoms with Gasteiger partial charge in [0.25, 0.3) is 5.91 Å². The zero-order chi connectivity index (χ0) is 16.2. The van der Waals surface area contributed by atoms with Gasteiger partial charge in [-0.1, -0.05) is 51.1 Å². The Balaban J connectivity index is 2.07. The molecule has 0 saturated carbocycles. The third-order valence-electron chi connectivity index (χ3n) is 3.52. The number of pyridine rings is 1. The van der Waals surface area contributed by atoms with Crippen molar-refractivity contribution in [2.24, 2.45) is 0 Å². The topological polar surface area (TPSA) is 33.2 Å². The van der Waals surface area contributed by atoms with Crippen molar-refractivity contribution in [2.75, 3.05) is 11.9 Å². The van der Waals surface area contributed by atoms with Crippen LogP contribution in [-0.4, -0.2) is 17.9 Å². The Kier molecular flexibility index (Phi) is 4.76. The summed E-state index contributed by atoms with van der Waals surface area (Å²) in [6, 6.07) is 13.8. The molecule has 0 N–H and O–H groups in total. The van der Waals surface area contributed by atoms with Crippen LogP contribution in [0.4, 0.5) is 5.82 Å². The minimum absolute atomic E-state index is 0.0985. The summed E-state index contributed by atoms with van der Waals surface area (Å²) in [6.07, 6.45) is 5.07. The fourth-order valence-corrected chi connectivity index (χ4v) is 2.04. The first kappa shape index (κ1) is 16.0. The molecule has 0 fully saturated rings. The molecule has 0 unspecified atom stereocenters. The summed E-state index contributed by atoms with van der Waals surface area (Å²) in [5.74, 6) is 0.541. The van der Waals surface area contributed by atoms with E-state index in [1.54, 1.807) is 19.3 Å². The molecule has 0 bridgehead atoms. The van der Waals surface area contributed by atoms with Crippen molar-refractivity contribution in [3.05, 3.63) is 65.9 Å². The predicted octanol–water partition coefficient (Wildman–Crippen LogP) is 4.06. The minimum atomic E-state index is -0.0985. The summed E-state index contributed by atoms with van der Waals surface area (Å²) in [5, 5.41) is 0. The van der Waals surface area contributed by atoms with Gasteiger partial charge in [0.15, 0.2) is 0 Å². The first-order valence-electron chi connectivity index (χ1n) is 7.35. The number of benzene rings is 1. The van der Waals surface area contributed by atoms with Crippen LogP contribution in [0.1, 0.15) is 31.9 Å². The summed E-state index contributed by atoms with van der Waals surface area (Å²) in [7, 11) is 1.72.